The van der Waals surface area contributed by atoms with E-state index in [2.05, 4.69) is 0 Å². The van der Waals surface area contributed by atoms with Crippen LogP contribution in [-0.2, 0) is 14.2 Å². The second-order valence-corrected chi connectivity index (χ2v) is 9.37. The monoisotopic (exact) mass is 418 g/mol. The molecule has 2 N–H and O–H groups in total. The highest BCUT2D eigenvalue weighted by Crippen LogP contribution is 2.18. The molecule has 0 radical (unpaired) electrons. The van der Waals surface area contributed by atoms with E-state index in [0.29, 0.717) is 32.8 Å². The highest BCUT2D eigenvalue weighted by Gasteiger charge is 2.29. The van der Waals surface area contributed by atoms with E-state index in [1.807, 2.05) is 41.5 Å². The number of carbonyl (C=O) groups is 2. The van der Waals surface area contributed by atoms with Gasteiger partial charge < -0.3 is 34.2 Å². The molecular weight excluding hydrogens is 380 g/mol. The van der Waals surface area contributed by atoms with Crippen molar-refractivity contribution >= 4 is 12.2 Å². The highest BCUT2D eigenvalue weighted by molar-refractivity contribution is 5.68. The van der Waals surface area contributed by atoms with Crippen LogP contribution in [0.25, 0.3) is 0 Å². The summed E-state index contributed by atoms with van der Waals surface area (Å²) < 4.78 is 15.7. The van der Waals surface area contributed by atoms with Gasteiger partial charge in [0, 0.05) is 32.2 Å². The third-order valence-electron chi connectivity index (χ3n) is 4.19. The van der Waals surface area contributed by atoms with Crippen molar-refractivity contribution < 1.29 is 34.0 Å². The zero-order chi connectivity index (χ0) is 22.2. The average Bonchev–Trinajstić information content (AvgIpc) is 3.09. The first kappa shape index (κ1) is 25.5. The second kappa shape index (κ2) is 11.0. The summed E-state index contributed by atoms with van der Waals surface area (Å²) in [5, 5.41) is 17.8. The molecule has 2 amide bonds. The van der Waals surface area contributed by atoms with Crippen LogP contribution < -0.4 is 0 Å². The lowest BCUT2D eigenvalue weighted by Crippen LogP contribution is -2.48. The number of carbonyl (C=O) groups excluding carboxylic acids is 2. The Kier molecular flexibility index (Phi) is 9.64. The summed E-state index contributed by atoms with van der Waals surface area (Å²) in [5.41, 5.74) is -0.918. The fraction of sp³-hybridized carbons (Fsp3) is 0.900. The maximum atomic E-state index is 11.6. The summed E-state index contributed by atoms with van der Waals surface area (Å²) in [5.74, 6) is 0.225. The molecule has 2 heterocycles. The van der Waals surface area contributed by atoms with E-state index >= 15 is 0 Å². The normalized spacial score (nSPS) is 22.6. The predicted octanol–water partition coefficient (Wildman–Crippen LogP) is 1.85. The minimum Gasteiger partial charge on any atom is -0.444 e. The minimum absolute atomic E-state index is 0.0701. The lowest BCUT2D eigenvalue weighted by molar-refractivity contribution is -0.0593. The van der Waals surface area contributed by atoms with Gasteiger partial charge in [-0.25, -0.2) is 9.59 Å². The van der Waals surface area contributed by atoms with Crippen LogP contribution in [0.3, 0.4) is 0 Å². The molecular formula is C20H38N2O7. The van der Waals surface area contributed by atoms with Crippen LogP contribution in [0.5, 0.6) is 0 Å². The summed E-state index contributed by atoms with van der Waals surface area (Å²) in [6.45, 7) is 13.8. The molecule has 2 fully saturated rings. The van der Waals surface area contributed by atoms with Crippen LogP contribution in [0.4, 0.5) is 9.59 Å². The quantitative estimate of drug-likeness (QED) is 0.704. The van der Waals surface area contributed by atoms with E-state index in [0.717, 1.165) is 6.42 Å². The first-order valence-electron chi connectivity index (χ1n) is 10.1. The van der Waals surface area contributed by atoms with Crippen LogP contribution in [0.1, 0.15) is 48.0 Å². The van der Waals surface area contributed by atoms with Gasteiger partial charge in [0.25, 0.3) is 0 Å². The summed E-state index contributed by atoms with van der Waals surface area (Å²) in [4.78, 5) is 26.4. The maximum Gasteiger partial charge on any atom is 0.410 e. The fourth-order valence-electron chi connectivity index (χ4n) is 2.80. The number of morpholine rings is 1. The molecule has 0 aromatic heterocycles. The first-order chi connectivity index (χ1) is 13.3. The number of ether oxygens (including phenoxy) is 3. The van der Waals surface area contributed by atoms with Crippen LogP contribution in [0.15, 0.2) is 0 Å². The summed E-state index contributed by atoms with van der Waals surface area (Å²) in [6.07, 6.45) is -0.0283. The molecule has 29 heavy (non-hydrogen) atoms. The van der Waals surface area contributed by atoms with E-state index in [9.17, 15) is 9.59 Å². The van der Waals surface area contributed by atoms with Gasteiger partial charge in [0.15, 0.2) is 0 Å². The molecule has 9 heteroatoms. The van der Waals surface area contributed by atoms with Gasteiger partial charge in [-0.15, -0.1) is 0 Å². The van der Waals surface area contributed by atoms with Crippen molar-refractivity contribution in [2.75, 3.05) is 46.0 Å². The Hall–Kier alpha value is -1.58. The number of rotatable bonds is 2. The number of aliphatic hydroxyl groups is 2. The second-order valence-electron chi connectivity index (χ2n) is 9.37. The molecule has 0 saturated carbocycles. The molecule has 170 valence electrons. The lowest BCUT2D eigenvalue weighted by Gasteiger charge is -2.33. The Morgan fingerprint density at radius 3 is 1.83 bits per heavy atom. The molecule has 2 rings (SSSR count). The lowest BCUT2D eigenvalue weighted by atomic mass is 10.1. The molecule has 2 aliphatic rings. The van der Waals surface area contributed by atoms with Gasteiger partial charge >= 0.3 is 12.2 Å². The molecule has 2 atom stereocenters. The summed E-state index contributed by atoms with van der Waals surface area (Å²) in [7, 11) is 0. The Labute approximate surface area is 173 Å². The minimum atomic E-state index is -0.482. The number of nitrogens with zero attached hydrogens (tertiary/aromatic N) is 2. The fourth-order valence-corrected chi connectivity index (χ4v) is 2.80. The number of amides is 2. The van der Waals surface area contributed by atoms with Crippen molar-refractivity contribution in [1.29, 1.82) is 0 Å². The number of aliphatic hydroxyl groups excluding tert-OH is 2. The Bertz CT molecular complexity index is 528. The third-order valence-corrected chi connectivity index (χ3v) is 4.19. The molecule has 0 aliphatic carbocycles. The van der Waals surface area contributed by atoms with E-state index in [-0.39, 0.29) is 37.4 Å². The van der Waals surface area contributed by atoms with Gasteiger partial charge in [0.2, 0.25) is 0 Å². The van der Waals surface area contributed by atoms with Crippen molar-refractivity contribution in [3.63, 3.8) is 0 Å². The average molecular weight is 419 g/mol. The van der Waals surface area contributed by atoms with E-state index in [1.54, 1.807) is 9.80 Å². The van der Waals surface area contributed by atoms with Gasteiger partial charge in [-0.2, -0.15) is 0 Å². The number of hydrogen-bond acceptors (Lipinski definition) is 7. The summed E-state index contributed by atoms with van der Waals surface area (Å²) >= 11 is 0. The molecule has 0 aromatic carbocycles. The van der Waals surface area contributed by atoms with Crippen molar-refractivity contribution in [2.24, 2.45) is 5.92 Å². The van der Waals surface area contributed by atoms with Crippen LogP contribution >= 0.6 is 0 Å². The topological polar surface area (TPSA) is 109 Å². The SMILES string of the molecule is CC(C)(C)OC(=O)N1CCC(CO)C1.CC(C)(C)OC(=O)N1CCO[C@H](CO)C1. The molecule has 0 aromatic rings. The number of likely N-dealkylation sites (tertiary alicyclic amines) is 1. The Morgan fingerprint density at radius 1 is 0.897 bits per heavy atom. The Balaban J connectivity index is 0.000000291. The standard InChI is InChI=1S/C10H19NO4.C10H19NO3/c1-10(2,3)15-9(13)11-4-5-14-8(6-11)7-12;1-10(2,3)14-9(13)11-5-4-8(6-11)7-12/h8,12H,4-7H2,1-3H3;8,12H,4-7H2,1-3H3/t8-;/m0./s1. The van der Waals surface area contributed by atoms with Gasteiger partial charge in [-0.3, -0.25) is 0 Å². The zero-order valence-corrected chi connectivity index (χ0v) is 18.6. The highest BCUT2D eigenvalue weighted by atomic mass is 16.6. The Morgan fingerprint density at radius 2 is 1.41 bits per heavy atom. The third kappa shape index (κ3) is 10.1. The van der Waals surface area contributed by atoms with Crippen LogP contribution in [0.2, 0.25) is 0 Å². The van der Waals surface area contributed by atoms with Gasteiger partial charge in [-0.05, 0) is 48.0 Å². The molecule has 9 nitrogen and oxygen atoms in total. The largest absolute Gasteiger partial charge is 0.444 e. The van der Waals surface area contributed by atoms with Crippen molar-refractivity contribution in [3.8, 4) is 0 Å². The zero-order valence-electron chi connectivity index (χ0n) is 18.6. The van der Waals surface area contributed by atoms with Crippen LogP contribution in [0, 0.1) is 5.92 Å². The molecule has 0 bridgehead atoms. The van der Waals surface area contributed by atoms with E-state index < -0.39 is 11.2 Å². The first-order valence-corrected chi connectivity index (χ1v) is 10.1. The van der Waals surface area contributed by atoms with E-state index in [1.165, 1.54) is 0 Å². The maximum absolute atomic E-state index is 11.6. The molecule has 1 unspecified atom stereocenters. The van der Waals surface area contributed by atoms with Gasteiger partial charge in [0.1, 0.15) is 11.2 Å². The predicted molar refractivity (Wildman–Crippen MR) is 108 cm³/mol. The van der Waals surface area contributed by atoms with Crippen LogP contribution in [-0.4, -0.2) is 95.5 Å². The molecule has 2 aliphatic heterocycles. The van der Waals surface area contributed by atoms with Gasteiger partial charge in [0.05, 0.1) is 25.9 Å². The van der Waals surface area contributed by atoms with Crippen molar-refractivity contribution in [1.82, 2.24) is 9.80 Å². The number of hydrogen-bond donors (Lipinski definition) is 2. The van der Waals surface area contributed by atoms with E-state index in [4.69, 9.17) is 24.4 Å². The van der Waals surface area contributed by atoms with Gasteiger partial charge in [-0.1, -0.05) is 0 Å². The van der Waals surface area contributed by atoms with Crippen molar-refractivity contribution in [2.45, 2.75) is 65.3 Å². The molecule has 2 saturated heterocycles. The summed E-state index contributed by atoms with van der Waals surface area (Å²) in [6, 6.07) is 0. The molecule has 0 spiro atoms. The smallest absolute Gasteiger partial charge is 0.410 e. The van der Waals surface area contributed by atoms with Crippen molar-refractivity contribution in [3.05, 3.63) is 0 Å².